The Balaban J connectivity index is 1.80. The summed E-state index contributed by atoms with van der Waals surface area (Å²) in [5, 5.41) is 12.9. The smallest absolute Gasteiger partial charge is 0.223 e. The molecule has 0 bridgehead atoms. The van der Waals surface area contributed by atoms with Crippen molar-refractivity contribution < 1.29 is 9.90 Å². The van der Waals surface area contributed by atoms with Crippen LogP contribution < -0.4 is 5.32 Å². The van der Waals surface area contributed by atoms with Crippen LogP contribution >= 0.6 is 0 Å². The summed E-state index contributed by atoms with van der Waals surface area (Å²) in [6, 6.07) is 7.77. The molecule has 0 heterocycles. The van der Waals surface area contributed by atoms with Crippen molar-refractivity contribution in [1.29, 1.82) is 0 Å². The lowest BCUT2D eigenvalue weighted by molar-refractivity contribution is -0.126. The zero-order valence-electron chi connectivity index (χ0n) is 11.6. The normalized spacial score (nSPS) is 18.0. The summed E-state index contributed by atoms with van der Waals surface area (Å²) in [5.41, 5.74) is 2.02. The second-order valence-electron chi connectivity index (χ2n) is 5.51. The van der Waals surface area contributed by atoms with Crippen molar-refractivity contribution >= 4 is 5.91 Å². The van der Waals surface area contributed by atoms with Crippen molar-refractivity contribution in [3.8, 4) is 0 Å². The molecule has 2 rings (SSSR count). The first-order valence-corrected chi connectivity index (χ1v) is 7.19. The SMILES string of the molecule is Cc1ccc([C@@H](O)CNC(=O)C2CCCCC2)cc1. The van der Waals surface area contributed by atoms with Gasteiger partial charge in [-0.3, -0.25) is 4.79 Å². The van der Waals surface area contributed by atoms with Crippen LogP contribution in [0.1, 0.15) is 49.3 Å². The first-order valence-electron chi connectivity index (χ1n) is 7.19. The summed E-state index contributed by atoms with van der Waals surface area (Å²) in [5.74, 6) is 0.254. The Morgan fingerprint density at radius 1 is 1.26 bits per heavy atom. The number of aliphatic hydroxyl groups is 1. The maximum absolute atomic E-state index is 12.0. The van der Waals surface area contributed by atoms with Crippen LogP contribution in [0.2, 0.25) is 0 Å². The molecule has 3 nitrogen and oxygen atoms in total. The van der Waals surface area contributed by atoms with E-state index in [2.05, 4.69) is 5.32 Å². The molecule has 1 atom stereocenters. The lowest BCUT2D eigenvalue weighted by Gasteiger charge is -2.21. The summed E-state index contributed by atoms with van der Waals surface area (Å²) in [6.45, 7) is 2.32. The topological polar surface area (TPSA) is 49.3 Å². The average Bonchev–Trinajstić information content (AvgIpc) is 2.46. The summed E-state index contributed by atoms with van der Waals surface area (Å²) in [4.78, 5) is 12.0. The fraction of sp³-hybridized carbons (Fsp3) is 0.562. The van der Waals surface area contributed by atoms with Gasteiger partial charge in [0.15, 0.2) is 0 Å². The van der Waals surface area contributed by atoms with Crippen LogP contribution in [0.25, 0.3) is 0 Å². The summed E-state index contributed by atoms with van der Waals surface area (Å²) in [6.07, 6.45) is 4.92. The number of amides is 1. The Bertz CT molecular complexity index is 407. The zero-order valence-corrected chi connectivity index (χ0v) is 11.6. The van der Waals surface area contributed by atoms with E-state index in [1.54, 1.807) is 0 Å². The van der Waals surface area contributed by atoms with Gasteiger partial charge in [-0.15, -0.1) is 0 Å². The van der Waals surface area contributed by atoms with Crippen molar-refractivity contribution in [3.05, 3.63) is 35.4 Å². The molecular formula is C16H23NO2. The Labute approximate surface area is 115 Å². The third kappa shape index (κ3) is 4.06. The van der Waals surface area contributed by atoms with E-state index in [0.29, 0.717) is 6.54 Å². The summed E-state index contributed by atoms with van der Waals surface area (Å²) in [7, 11) is 0. The molecule has 1 amide bonds. The van der Waals surface area contributed by atoms with E-state index in [0.717, 1.165) is 31.2 Å². The molecule has 0 spiro atoms. The highest BCUT2D eigenvalue weighted by Crippen LogP contribution is 2.23. The first-order chi connectivity index (χ1) is 9.16. The van der Waals surface area contributed by atoms with Gasteiger partial charge in [-0.2, -0.15) is 0 Å². The largest absolute Gasteiger partial charge is 0.387 e. The van der Waals surface area contributed by atoms with Gasteiger partial charge >= 0.3 is 0 Å². The number of hydrogen-bond donors (Lipinski definition) is 2. The molecule has 19 heavy (non-hydrogen) atoms. The van der Waals surface area contributed by atoms with Gasteiger partial charge < -0.3 is 10.4 Å². The van der Waals surface area contributed by atoms with Crippen molar-refractivity contribution in [3.63, 3.8) is 0 Å². The van der Waals surface area contributed by atoms with Gasteiger partial charge in [-0.25, -0.2) is 0 Å². The van der Waals surface area contributed by atoms with Crippen LogP contribution in [-0.4, -0.2) is 17.6 Å². The lowest BCUT2D eigenvalue weighted by atomic mass is 9.88. The lowest BCUT2D eigenvalue weighted by Crippen LogP contribution is -2.34. The minimum Gasteiger partial charge on any atom is -0.387 e. The average molecular weight is 261 g/mol. The first kappa shape index (κ1) is 14.1. The third-order valence-electron chi connectivity index (χ3n) is 3.91. The minimum atomic E-state index is -0.617. The molecule has 3 heteroatoms. The van der Waals surface area contributed by atoms with Gasteiger partial charge in [-0.05, 0) is 25.3 Å². The van der Waals surface area contributed by atoms with E-state index in [9.17, 15) is 9.90 Å². The van der Waals surface area contributed by atoms with Crippen LogP contribution in [0, 0.1) is 12.8 Å². The van der Waals surface area contributed by atoms with Gasteiger partial charge in [0.2, 0.25) is 5.91 Å². The van der Waals surface area contributed by atoms with E-state index in [-0.39, 0.29) is 11.8 Å². The molecule has 1 fully saturated rings. The van der Waals surface area contributed by atoms with Gasteiger partial charge in [0.25, 0.3) is 0 Å². The molecule has 0 radical (unpaired) electrons. The summed E-state index contributed by atoms with van der Waals surface area (Å²) >= 11 is 0. The highest BCUT2D eigenvalue weighted by Gasteiger charge is 2.21. The molecule has 0 aromatic heterocycles. The van der Waals surface area contributed by atoms with Crippen LogP contribution in [0.15, 0.2) is 24.3 Å². The maximum atomic E-state index is 12.0. The van der Waals surface area contributed by atoms with Gasteiger partial charge in [0.1, 0.15) is 0 Å². The molecular weight excluding hydrogens is 238 g/mol. The van der Waals surface area contributed by atoms with Crippen molar-refractivity contribution in [2.75, 3.05) is 6.54 Å². The predicted octanol–water partition coefficient (Wildman–Crippen LogP) is 2.72. The quantitative estimate of drug-likeness (QED) is 0.875. The third-order valence-corrected chi connectivity index (χ3v) is 3.91. The molecule has 1 aliphatic rings. The van der Waals surface area contributed by atoms with Crippen LogP contribution in [0.5, 0.6) is 0 Å². The highest BCUT2D eigenvalue weighted by atomic mass is 16.3. The molecule has 0 saturated heterocycles. The zero-order chi connectivity index (χ0) is 13.7. The number of benzene rings is 1. The van der Waals surface area contributed by atoms with E-state index in [1.165, 1.54) is 12.0 Å². The number of hydrogen-bond acceptors (Lipinski definition) is 2. The molecule has 1 aromatic rings. The van der Waals surface area contributed by atoms with Crippen LogP contribution in [0.3, 0.4) is 0 Å². The second kappa shape index (κ2) is 6.71. The van der Waals surface area contributed by atoms with Crippen molar-refractivity contribution in [2.45, 2.75) is 45.1 Å². The van der Waals surface area contributed by atoms with E-state index in [4.69, 9.17) is 0 Å². The molecule has 0 unspecified atom stereocenters. The Hall–Kier alpha value is -1.35. The highest BCUT2D eigenvalue weighted by molar-refractivity contribution is 5.78. The van der Waals surface area contributed by atoms with E-state index >= 15 is 0 Å². The fourth-order valence-electron chi connectivity index (χ4n) is 2.61. The molecule has 104 valence electrons. The van der Waals surface area contributed by atoms with Gasteiger partial charge in [0.05, 0.1) is 6.10 Å². The summed E-state index contributed by atoms with van der Waals surface area (Å²) < 4.78 is 0. The van der Waals surface area contributed by atoms with E-state index in [1.807, 2.05) is 31.2 Å². The Morgan fingerprint density at radius 2 is 1.89 bits per heavy atom. The maximum Gasteiger partial charge on any atom is 0.223 e. The molecule has 1 aliphatic carbocycles. The fourth-order valence-corrected chi connectivity index (χ4v) is 2.61. The molecule has 1 aromatic carbocycles. The number of carbonyl (C=O) groups is 1. The molecule has 1 saturated carbocycles. The standard InChI is InChI=1S/C16H23NO2/c1-12-7-9-13(10-8-12)15(18)11-17-16(19)14-5-3-2-4-6-14/h7-10,14-15,18H,2-6,11H2,1H3,(H,17,19)/t15-/m0/s1. The van der Waals surface area contributed by atoms with Gasteiger partial charge in [-0.1, -0.05) is 49.1 Å². The number of rotatable bonds is 4. The number of aryl methyl sites for hydroxylation is 1. The molecule has 0 aliphatic heterocycles. The number of aliphatic hydroxyl groups excluding tert-OH is 1. The predicted molar refractivity (Wildman–Crippen MR) is 75.7 cm³/mol. The number of nitrogens with one attached hydrogen (secondary N) is 1. The monoisotopic (exact) mass is 261 g/mol. The second-order valence-corrected chi connectivity index (χ2v) is 5.51. The molecule has 2 N–H and O–H groups in total. The van der Waals surface area contributed by atoms with Crippen LogP contribution in [-0.2, 0) is 4.79 Å². The Kier molecular flexibility index (Phi) is 4.97. The van der Waals surface area contributed by atoms with Crippen molar-refractivity contribution in [2.24, 2.45) is 5.92 Å². The van der Waals surface area contributed by atoms with E-state index < -0.39 is 6.10 Å². The van der Waals surface area contributed by atoms with Gasteiger partial charge in [0, 0.05) is 12.5 Å². The number of carbonyl (C=O) groups excluding carboxylic acids is 1. The minimum absolute atomic E-state index is 0.103. The van der Waals surface area contributed by atoms with Crippen molar-refractivity contribution in [1.82, 2.24) is 5.32 Å². The Morgan fingerprint density at radius 3 is 2.53 bits per heavy atom. The van der Waals surface area contributed by atoms with Crippen LogP contribution in [0.4, 0.5) is 0 Å².